The molecule has 1 aromatic rings. The Bertz CT molecular complexity index is 317. The van der Waals surface area contributed by atoms with Gasteiger partial charge >= 0.3 is 0 Å². The van der Waals surface area contributed by atoms with Crippen molar-refractivity contribution in [1.82, 2.24) is 5.32 Å². The van der Waals surface area contributed by atoms with E-state index in [1.165, 1.54) is 0 Å². The number of hydrogen-bond donors (Lipinski definition) is 2. The van der Waals surface area contributed by atoms with Crippen LogP contribution in [0.3, 0.4) is 0 Å². The molecule has 0 amide bonds. The van der Waals surface area contributed by atoms with Gasteiger partial charge in [0.2, 0.25) is 0 Å². The fourth-order valence-corrected chi connectivity index (χ4v) is 1.48. The van der Waals surface area contributed by atoms with Gasteiger partial charge in [0.25, 0.3) is 0 Å². The van der Waals surface area contributed by atoms with Crippen LogP contribution in [0.5, 0.6) is 5.75 Å². The topological polar surface area (TPSA) is 50.7 Å². The first-order valence-electron chi connectivity index (χ1n) is 5.85. The van der Waals surface area contributed by atoms with E-state index in [2.05, 4.69) is 5.32 Å². The lowest BCUT2D eigenvalue weighted by atomic mass is 10.2. The lowest BCUT2D eigenvalue weighted by Gasteiger charge is -2.12. The van der Waals surface area contributed by atoms with Crippen LogP contribution >= 0.6 is 0 Å². The maximum Gasteiger partial charge on any atom is 0.119 e. The smallest absolute Gasteiger partial charge is 0.119 e. The number of hydrogen-bond acceptors (Lipinski definition) is 4. The molecule has 0 saturated heterocycles. The van der Waals surface area contributed by atoms with Crippen LogP contribution in [-0.2, 0) is 11.3 Å². The molecule has 1 aromatic carbocycles. The second-order valence-corrected chi connectivity index (χ2v) is 3.80. The summed E-state index contributed by atoms with van der Waals surface area (Å²) in [5.41, 5.74) is 1.13. The third-order valence-corrected chi connectivity index (χ3v) is 2.36. The molecule has 0 heterocycles. The number of rotatable bonds is 8. The van der Waals surface area contributed by atoms with E-state index in [1.54, 1.807) is 7.11 Å². The second kappa shape index (κ2) is 8.06. The molecule has 96 valence electrons. The van der Waals surface area contributed by atoms with E-state index < -0.39 is 6.10 Å². The highest BCUT2D eigenvalue weighted by Gasteiger charge is 2.03. The Hall–Kier alpha value is -1.10. The molecule has 1 atom stereocenters. The van der Waals surface area contributed by atoms with Gasteiger partial charge in [-0.25, -0.2) is 0 Å². The van der Waals surface area contributed by atoms with Crippen LogP contribution in [0.15, 0.2) is 24.3 Å². The number of ether oxygens (including phenoxy) is 2. The summed E-state index contributed by atoms with van der Waals surface area (Å²) in [5.74, 6) is 0.846. The van der Waals surface area contributed by atoms with E-state index in [1.807, 2.05) is 31.2 Å². The van der Waals surface area contributed by atoms with Crippen molar-refractivity contribution in [2.45, 2.75) is 19.6 Å². The van der Waals surface area contributed by atoms with Crippen LogP contribution in [0.25, 0.3) is 0 Å². The number of aliphatic hydroxyl groups is 1. The second-order valence-electron chi connectivity index (χ2n) is 3.80. The van der Waals surface area contributed by atoms with Crippen molar-refractivity contribution in [3.8, 4) is 5.75 Å². The van der Waals surface area contributed by atoms with Crippen molar-refractivity contribution >= 4 is 0 Å². The summed E-state index contributed by atoms with van der Waals surface area (Å²) in [6.07, 6.45) is -0.458. The quantitative estimate of drug-likeness (QED) is 0.715. The Morgan fingerprint density at radius 2 is 2.24 bits per heavy atom. The summed E-state index contributed by atoms with van der Waals surface area (Å²) in [5, 5.41) is 12.7. The van der Waals surface area contributed by atoms with E-state index in [9.17, 15) is 5.11 Å². The highest BCUT2D eigenvalue weighted by molar-refractivity contribution is 5.28. The first-order chi connectivity index (χ1) is 8.26. The zero-order valence-electron chi connectivity index (χ0n) is 10.5. The van der Waals surface area contributed by atoms with Crippen molar-refractivity contribution in [2.24, 2.45) is 0 Å². The number of nitrogens with one attached hydrogen (secondary N) is 1. The molecule has 0 bridgehead atoms. The molecule has 17 heavy (non-hydrogen) atoms. The van der Waals surface area contributed by atoms with E-state index in [0.29, 0.717) is 26.3 Å². The summed E-state index contributed by atoms with van der Waals surface area (Å²) in [7, 11) is 1.65. The molecule has 1 unspecified atom stereocenters. The molecular weight excluding hydrogens is 218 g/mol. The molecule has 0 aliphatic rings. The number of methoxy groups -OCH3 is 1. The highest BCUT2D eigenvalue weighted by Crippen LogP contribution is 2.11. The lowest BCUT2D eigenvalue weighted by molar-refractivity contribution is 0.0427. The summed E-state index contributed by atoms with van der Waals surface area (Å²) in [6.45, 7) is 4.16. The molecule has 4 nitrogen and oxygen atoms in total. The summed E-state index contributed by atoms with van der Waals surface area (Å²) in [4.78, 5) is 0. The Morgan fingerprint density at radius 1 is 1.41 bits per heavy atom. The molecule has 0 fully saturated rings. The van der Waals surface area contributed by atoms with Gasteiger partial charge < -0.3 is 19.9 Å². The Morgan fingerprint density at radius 3 is 2.94 bits per heavy atom. The summed E-state index contributed by atoms with van der Waals surface area (Å²) >= 11 is 0. The maximum atomic E-state index is 9.55. The van der Waals surface area contributed by atoms with E-state index in [4.69, 9.17) is 9.47 Å². The number of benzene rings is 1. The van der Waals surface area contributed by atoms with Crippen molar-refractivity contribution in [2.75, 3.05) is 26.9 Å². The SMILES string of the molecule is CCOCC(O)CNCc1cccc(OC)c1. The van der Waals surface area contributed by atoms with Gasteiger partial charge in [-0.05, 0) is 24.6 Å². The average molecular weight is 239 g/mol. The fraction of sp³-hybridized carbons (Fsp3) is 0.538. The first-order valence-corrected chi connectivity index (χ1v) is 5.85. The van der Waals surface area contributed by atoms with Crippen molar-refractivity contribution < 1.29 is 14.6 Å². The highest BCUT2D eigenvalue weighted by atomic mass is 16.5. The zero-order chi connectivity index (χ0) is 12.5. The zero-order valence-corrected chi connectivity index (χ0v) is 10.5. The van der Waals surface area contributed by atoms with Crippen LogP contribution in [0.4, 0.5) is 0 Å². The summed E-state index contributed by atoms with van der Waals surface area (Å²) < 4.78 is 10.3. The summed E-state index contributed by atoms with van der Waals surface area (Å²) in [6, 6.07) is 7.85. The van der Waals surface area contributed by atoms with E-state index >= 15 is 0 Å². The molecular formula is C13H21NO3. The third kappa shape index (κ3) is 5.68. The molecule has 0 radical (unpaired) electrons. The Labute approximate surface area is 103 Å². The van der Waals surface area contributed by atoms with Gasteiger partial charge in [0, 0.05) is 19.7 Å². The van der Waals surface area contributed by atoms with Gasteiger partial charge in [-0.1, -0.05) is 12.1 Å². The predicted octanol–water partition coefficient (Wildman–Crippen LogP) is 1.18. The monoisotopic (exact) mass is 239 g/mol. The van der Waals surface area contributed by atoms with Gasteiger partial charge in [0.05, 0.1) is 19.8 Å². The molecule has 0 aliphatic heterocycles. The average Bonchev–Trinajstić information content (AvgIpc) is 2.36. The van der Waals surface area contributed by atoms with E-state index in [-0.39, 0.29) is 0 Å². The molecule has 0 spiro atoms. The molecule has 0 aliphatic carbocycles. The number of aliphatic hydroxyl groups excluding tert-OH is 1. The van der Waals surface area contributed by atoms with Crippen molar-refractivity contribution in [3.63, 3.8) is 0 Å². The van der Waals surface area contributed by atoms with Crippen LogP contribution < -0.4 is 10.1 Å². The largest absolute Gasteiger partial charge is 0.497 e. The molecule has 4 heteroatoms. The first kappa shape index (κ1) is 14.0. The normalized spacial score (nSPS) is 12.4. The van der Waals surface area contributed by atoms with Crippen molar-refractivity contribution in [3.05, 3.63) is 29.8 Å². The fourth-order valence-electron chi connectivity index (χ4n) is 1.48. The molecule has 0 aromatic heterocycles. The third-order valence-electron chi connectivity index (χ3n) is 2.36. The minimum atomic E-state index is -0.458. The minimum Gasteiger partial charge on any atom is -0.497 e. The van der Waals surface area contributed by atoms with Crippen molar-refractivity contribution in [1.29, 1.82) is 0 Å². The standard InChI is InChI=1S/C13H21NO3/c1-3-17-10-12(15)9-14-8-11-5-4-6-13(7-11)16-2/h4-7,12,14-15H,3,8-10H2,1-2H3. The van der Waals surface area contributed by atoms with Crippen LogP contribution in [0.1, 0.15) is 12.5 Å². The van der Waals surface area contributed by atoms with Gasteiger partial charge in [0.15, 0.2) is 0 Å². The lowest BCUT2D eigenvalue weighted by Crippen LogP contribution is -2.30. The maximum absolute atomic E-state index is 9.55. The molecule has 2 N–H and O–H groups in total. The minimum absolute atomic E-state index is 0.377. The Kier molecular flexibility index (Phi) is 6.62. The van der Waals surface area contributed by atoms with Gasteiger partial charge in [0.1, 0.15) is 5.75 Å². The van der Waals surface area contributed by atoms with Crippen LogP contribution in [0, 0.1) is 0 Å². The molecule has 1 rings (SSSR count). The van der Waals surface area contributed by atoms with Crippen LogP contribution in [0.2, 0.25) is 0 Å². The van der Waals surface area contributed by atoms with Crippen LogP contribution in [-0.4, -0.2) is 38.1 Å². The van der Waals surface area contributed by atoms with Gasteiger partial charge in [-0.2, -0.15) is 0 Å². The Balaban J connectivity index is 2.25. The predicted molar refractivity (Wildman–Crippen MR) is 67.2 cm³/mol. The van der Waals surface area contributed by atoms with Gasteiger partial charge in [-0.15, -0.1) is 0 Å². The van der Waals surface area contributed by atoms with Gasteiger partial charge in [-0.3, -0.25) is 0 Å². The van der Waals surface area contributed by atoms with E-state index in [0.717, 1.165) is 11.3 Å². The molecule has 0 saturated carbocycles.